The van der Waals surface area contributed by atoms with E-state index < -0.39 is 10.1 Å². The number of para-hydroxylation sites is 1. The van der Waals surface area contributed by atoms with Crippen LogP contribution in [0.5, 0.6) is 17.2 Å². The lowest BCUT2D eigenvalue weighted by Gasteiger charge is -2.14. The molecule has 0 spiro atoms. The van der Waals surface area contributed by atoms with Crippen LogP contribution in [-0.2, 0) is 16.5 Å². The van der Waals surface area contributed by atoms with Crippen molar-refractivity contribution in [2.24, 2.45) is 0 Å². The summed E-state index contributed by atoms with van der Waals surface area (Å²) < 4.78 is 39.2. The van der Waals surface area contributed by atoms with Crippen LogP contribution in [0.15, 0.2) is 47.4 Å². The van der Waals surface area contributed by atoms with E-state index in [-0.39, 0.29) is 16.4 Å². The van der Waals surface area contributed by atoms with E-state index in [1.807, 2.05) is 6.07 Å². The van der Waals surface area contributed by atoms with Gasteiger partial charge in [-0.1, -0.05) is 57.2 Å². The number of hydrogen-bond donors (Lipinski definition) is 2. The molecule has 2 N–H and O–H groups in total. The molecular formula is C20H26O5S. The lowest BCUT2D eigenvalue weighted by molar-refractivity contribution is 0.434. The minimum atomic E-state index is -4.49. The van der Waals surface area contributed by atoms with Gasteiger partial charge in [0.2, 0.25) is 0 Å². The molecule has 6 heteroatoms. The summed E-state index contributed by atoms with van der Waals surface area (Å²) in [6.07, 6.45) is 6.79. The standard InChI is InChI=1S/C20H26O5S/c1-2-3-4-5-6-8-11-16-14-17(21)15-19(20(16)26(22,23)24)25-18-12-9-7-10-13-18/h7,9-10,12-15,21H,2-6,8,11H2,1H3,(H,22,23,24). The van der Waals surface area contributed by atoms with Gasteiger partial charge in [0, 0.05) is 6.07 Å². The van der Waals surface area contributed by atoms with Gasteiger partial charge in [-0.25, -0.2) is 0 Å². The Kier molecular flexibility index (Phi) is 7.48. The average molecular weight is 378 g/mol. The minimum absolute atomic E-state index is 0.0697. The number of aromatic hydroxyl groups is 1. The highest BCUT2D eigenvalue weighted by Crippen LogP contribution is 2.36. The van der Waals surface area contributed by atoms with Gasteiger partial charge < -0.3 is 9.84 Å². The molecule has 0 aliphatic carbocycles. The largest absolute Gasteiger partial charge is 0.508 e. The summed E-state index contributed by atoms with van der Waals surface area (Å²) in [7, 11) is -4.49. The third-order valence-electron chi connectivity index (χ3n) is 4.15. The Balaban J connectivity index is 2.24. The third-order valence-corrected chi connectivity index (χ3v) is 5.12. The lowest BCUT2D eigenvalue weighted by atomic mass is 10.0. The zero-order chi connectivity index (χ0) is 19.0. The van der Waals surface area contributed by atoms with Crippen molar-refractivity contribution in [2.45, 2.75) is 56.8 Å². The Hall–Kier alpha value is -2.05. The quantitative estimate of drug-likeness (QED) is 0.431. The van der Waals surface area contributed by atoms with E-state index in [0.717, 1.165) is 25.7 Å². The Morgan fingerprint density at radius 2 is 1.62 bits per heavy atom. The molecule has 0 aromatic heterocycles. The topological polar surface area (TPSA) is 83.8 Å². The van der Waals surface area contributed by atoms with Gasteiger partial charge >= 0.3 is 0 Å². The second-order valence-electron chi connectivity index (χ2n) is 6.34. The Morgan fingerprint density at radius 3 is 2.27 bits per heavy atom. The molecule has 0 amide bonds. The SMILES string of the molecule is CCCCCCCCc1cc(O)cc(Oc2ccccc2)c1S(=O)(=O)O. The summed E-state index contributed by atoms with van der Waals surface area (Å²) in [5.41, 5.74) is 0.369. The first kappa shape index (κ1) is 20.3. The van der Waals surface area contributed by atoms with E-state index in [0.29, 0.717) is 17.7 Å². The number of phenols is 1. The maximum atomic E-state index is 11.9. The van der Waals surface area contributed by atoms with Crippen LogP contribution in [0.1, 0.15) is 51.0 Å². The molecule has 26 heavy (non-hydrogen) atoms. The number of aryl methyl sites for hydroxylation is 1. The van der Waals surface area contributed by atoms with E-state index in [2.05, 4.69) is 6.92 Å². The molecule has 5 nitrogen and oxygen atoms in total. The molecule has 2 rings (SSSR count). The number of benzene rings is 2. The highest BCUT2D eigenvalue weighted by molar-refractivity contribution is 7.86. The van der Waals surface area contributed by atoms with E-state index in [1.54, 1.807) is 24.3 Å². The molecule has 0 radical (unpaired) electrons. The van der Waals surface area contributed by atoms with Gasteiger partial charge in [0.1, 0.15) is 16.4 Å². The third kappa shape index (κ3) is 6.04. The fourth-order valence-corrected chi connectivity index (χ4v) is 3.76. The van der Waals surface area contributed by atoms with Crippen LogP contribution in [0.3, 0.4) is 0 Å². The molecule has 142 valence electrons. The van der Waals surface area contributed by atoms with E-state index >= 15 is 0 Å². The molecule has 0 saturated heterocycles. The van der Waals surface area contributed by atoms with Gasteiger partial charge in [0.15, 0.2) is 5.75 Å². The lowest BCUT2D eigenvalue weighted by Crippen LogP contribution is -2.06. The Bertz CT molecular complexity index is 800. The molecule has 2 aromatic rings. The monoisotopic (exact) mass is 378 g/mol. The van der Waals surface area contributed by atoms with Crippen molar-refractivity contribution in [3.8, 4) is 17.2 Å². The summed E-state index contributed by atoms with van der Waals surface area (Å²) in [4.78, 5) is -0.271. The normalized spacial score (nSPS) is 11.5. The molecule has 0 bridgehead atoms. The van der Waals surface area contributed by atoms with Crippen molar-refractivity contribution in [1.82, 2.24) is 0 Å². The smallest absolute Gasteiger partial charge is 0.298 e. The van der Waals surface area contributed by atoms with Crippen molar-refractivity contribution in [3.05, 3.63) is 48.0 Å². The van der Waals surface area contributed by atoms with Crippen LogP contribution < -0.4 is 4.74 Å². The minimum Gasteiger partial charge on any atom is -0.508 e. The van der Waals surface area contributed by atoms with Gasteiger partial charge in [0.25, 0.3) is 10.1 Å². The molecule has 0 fully saturated rings. The Morgan fingerprint density at radius 1 is 0.962 bits per heavy atom. The van der Waals surface area contributed by atoms with Gasteiger partial charge in [-0.15, -0.1) is 0 Å². The summed E-state index contributed by atoms with van der Waals surface area (Å²) in [5.74, 6) is 0.262. The molecule has 0 heterocycles. The first-order valence-electron chi connectivity index (χ1n) is 8.98. The van der Waals surface area contributed by atoms with Crippen molar-refractivity contribution >= 4 is 10.1 Å². The molecule has 0 aliphatic heterocycles. The van der Waals surface area contributed by atoms with Crippen LogP contribution in [0.25, 0.3) is 0 Å². The fourth-order valence-electron chi connectivity index (χ4n) is 2.91. The molecular weight excluding hydrogens is 352 g/mol. The second kappa shape index (κ2) is 9.59. The highest BCUT2D eigenvalue weighted by atomic mass is 32.2. The van der Waals surface area contributed by atoms with Gasteiger partial charge in [-0.3, -0.25) is 4.55 Å². The van der Waals surface area contributed by atoms with Crippen LogP contribution in [-0.4, -0.2) is 18.1 Å². The van der Waals surface area contributed by atoms with E-state index in [1.165, 1.54) is 25.0 Å². The molecule has 2 aromatic carbocycles. The van der Waals surface area contributed by atoms with Gasteiger partial charge in [0.05, 0.1) is 0 Å². The van der Waals surface area contributed by atoms with Crippen LogP contribution in [0.2, 0.25) is 0 Å². The van der Waals surface area contributed by atoms with Crippen molar-refractivity contribution < 1.29 is 22.8 Å². The maximum absolute atomic E-state index is 11.9. The van der Waals surface area contributed by atoms with Crippen LogP contribution in [0.4, 0.5) is 0 Å². The first-order valence-corrected chi connectivity index (χ1v) is 10.4. The Labute approximate surface area is 155 Å². The molecule has 0 atom stereocenters. The number of ether oxygens (including phenoxy) is 1. The summed E-state index contributed by atoms with van der Waals surface area (Å²) >= 11 is 0. The summed E-state index contributed by atoms with van der Waals surface area (Å²) in [6.45, 7) is 2.15. The zero-order valence-corrected chi connectivity index (χ0v) is 15.8. The average Bonchev–Trinajstić information content (AvgIpc) is 2.57. The summed E-state index contributed by atoms with van der Waals surface area (Å²) in [6, 6.07) is 11.2. The first-order chi connectivity index (χ1) is 12.4. The maximum Gasteiger partial charge on any atom is 0.298 e. The van der Waals surface area contributed by atoms with E-state index in [9.17, 15) is 18.1 Å². The van der Waals surface area contributed by atoms with Crippen LogP contribution in [0, 0.1) is 0 Å². The van der Waals surface area contributed by atoms with Gasteiger partial charge in [-0.2, -0.15) is 8.42 Å². The number of unbranched alkanes of at least 4 members (excludes halogenated alkanes) is 5. The van der Waals surface area contributed by atoms with Gasteiger partial charge in [-0.05, 0) is 36.6 Å². The predicted molar refractivity (Wildman–Crippen MR) is 102 cm³/mol. The highest BCUT2D eigenvalue weighted by Gasteiger charge is 2.23. The van der Waals surface area contributed by atoms with E-state index in [4.69, 9.17) is 4.74 Å². The van der Waals surface area contributed by atoms with Crippen molar-refractivity contribution in [2.75, 3.05) is 0 Å². The summed E-state index contributed by atoms with van der Waals surface area (Å²) in [5, 5.41) is 9.98. The predicted octanol–water partition coefficient (Wildman–Crippen LogP) is 5.33. The molecule has 0 aliphatic rings. The second-order valence-corrected chi connectivity index (χ2v) is 7.70. The zero-order valence-electron chi connectivity index (χ0n) is 15.0. The number of rotatable bonds is 10. The van der Waals surface area contributed by atoms with Crippen LogP contribution >= 0.6 is 0 Å². The molecule has 0 saturated carbocycles. The fraction of sp³-hybridized carbons (Fsp3) is 0.400. The number of phenolic OH excluding ortho intramolecular Hbond substituents is 1. The van der Waals surface area contributed by atoms with Crippen molar-refractivity contribution in [1.29, 1.82) is 0 Å². The number of hydrogen-bond acceptors (Lipinski definition) is 4. The molecule has 0 unspecified atom stereocenters. The van der Waals surface area contributed by atoms with Crippen molar-refractivity contribution in [3.63, 3.8) is 0 Å².